The van der Waals surface area contributed by atoms with Gasteiger partial charge in [-0.15, -0.1) is 0 Å². The highest BCUT2D eigenvalue weighted by Gasteiger charge is 2.18. The maximum absolute atomic E-state index is 11.6. The van der Waals surface area contributed by atoms with Gasteiger partial charge >= 0.3 is 0 Å². The average molecular weight is 306 g/mol. The van der Waals surface area contributed by atoms with Crippen LogP contribution >= 0.6 is 0 Å². The van der Waals surface area contributed by atoms with Crippen molar-refractivity contribution in [2.75, 3.05) is 5.73 Å². The monoisotopic (exact) mass is 306 g/mol. The van der Waals surface area contributed by atoms with Crippen molar-refractivity contribution in [3.8, 4) is 28.1 Å². The SMILES string of the molecule is NC(=O)c1cnc(N)nc1-c1cccc(-c2ccccc2)c1O. The predicted molar refractivity (Wildman–Crippen MR) is 87.5 cm³/mol. The molecule has 6 nitrogen and oxygen atoms in total. The van der Waals surface area contributed by atoms with Gasteiger partial charge in [-0.05, 0) is 11.6 Å². The zero-order valence-electron chi connectivity index (χ0n) is 12.1. The number of rotatable bonds is 3. The summed E-state index contributed by atoms with van der Waals surface area (Å²) >= 11 is 0. The van der Waals surface area contributed by atoms with Crippen molar-refractivity contribution in [2.45, 2.75) is 0 Å². The number of nitrogens with two attached hydrogens (primary N) is 2. The summed E-state index contributed by atoms with van der Waals surface area (Å²) < 4.78 is 0. The standard InChI is InChI=1S/C17H14N4O2/c18-16(23)13-9-20-17(19)21-14(13)12-8-4-7-11(15(12)22)10-5-2-1-3-6-10/h1-9,22H,(H2,18,23)(H2,19,20,21). The Morgan fingerprint density at radius 3 is 2.39 bits per heavy atom. The molecule has 0 radical (unpaired) electrons. The van der Waals surface area contributed by atoms with Crippen LogP contribution in [0.25, 0.3) is 22.4 Å². The number of benzene rings is 2. The number of aromatic nitrogens is 2. The molecule has 2 aromatic carbocycles. The van der Waals surface area contributed by atoms with E-state index in [1.807, 2.05) is 30.3 Å². The molecule has 0 aliphatic rings. The van der Waals surface area contributed by atoms with Crippen LogP contribution in [0.1, 0.15) is 10.4 Å². The second-order valence-electron chi connectivity index (χ2n) is 4.92. The average Bonchev–Trinajstić information content (AvgIpc) is 2.55. The fraction of sp³-hybridized carbons (Fsp3) is 0. The Balaban J connectivity index is 2.23. The number of para-hydroxylation sites is 1. The molecule has 3 aromatic rings. The second-order valence-corrected chi connectivity index (χ2v) is 4.92. The quantitative estimate of drug-likeness (QED) is 0.686. The van der Waals surface area contributed by atoms with E-state index >= 15 is 0 Å². The van der Waals surface area contributed by atoms with Crippen LogP contribution in [0.5, 0.6) is 5.75 Å². The summed E-state index contributed by atoms with van der Waals surface area (Å²) in [5.41, 5.74) is 13.1. The number of aromatic hydroxyl groups is 1. The van der Waals surface area contributed by atoms with Gasteiger partial charge in [-0.1, -0.05) is 42.5 Å². The van der Waals surface area contributed by atoms with Gasteiger partial charge in [0.15, 0.2) is 0 Å². The number of carbonyl (C=O) groups is 1. The molecular weight excluding hydrogens is 292 g/mol. The van der Waals surface area contributed by atoms with Crippen molar-refractivity contribution in [1.29, 1.82) is 0 Å². The molecule has 0 bridgehead atoms. The molecular formula is C17H14N4O2. The minimum absolute atomic E-state index is 0.000648. The first-order valence-corrected chi connectivity index (χ1v) is 6.88. The van der Waals surface area contributed by atoms with E-state index in [9.17, 15) is 9.90 Å². The maximum Gasteiger partial charge on any atom is 0.252 e. The molecule has 0 aliphatic heterocycles. The lowest BCUT2D eigenvalue weighted by Crippen LogP contribution is -2.14. The first kappa shape index (κ1) is 14.5. The third-order valence-corrected chi connectivity index (χ3v) is 3.45. The van der Waals surface area contributed by atoms with Crippen molar-refractivity contribution in [3.05, 3.63) is 60.3 Å². The minimum Gasteiger partial charge on any atom is -0.507 e. The highest BCUT2D eigenvalue weighted by atomic mass is 16.3. The lowest BCUT2D eigenvalue weighted by Gasteiger charge is -2.12. The molecule has 5 N–H and O–H groups in total. The topological polar surface area (TPSA) is 115 Å². The zero-order valence-corrected chi connectivity index (χ0v) is 12.1. The van der Waals surface area contributed by atoms with Crippen LogP contribution in [-0.4, -0.2) is 21.0 Å². The number of primary amides is 1. The van der Waals surface area contributed by atoms with Gasteiger partial charge in [0.25, 0.3) is 5.91 Å². The molecule has 0 spiro atoms. The molecule has 6 heteroatoms. The Bertz CT molecular complexity index is 879. The van der Waals surface area contributed by atoms with E-state index in [1.165, 1.54) is 6.20 Å². The van der Waals surface area contributed by atoms with E-state index in [0.717, 1.165) is 5.56 Å². The van der Waals surface area contributed by atoms with Gasteiger partial charge in [0.1, 0.15) is 5.75 Å². The highest BCUT2D eigenvalue weighted by molar-refractivity contribution is 6.00. The summed E-state index contributed by atoms with van der Waals surface area (Å²) in [6.45, 7) is 0. The number of anilines is 1. The normalized spacial score (nSPS) is 10.4. The molecule has 0 saturated carbocycles. The van der Waals surface area contributed by atoms with Gasteiger partial charge in [-0.3, -0.25) is 4.79 Å². The Labute approximate surface area is 132 Å². The van der Waals surface area contributed by atoms with Gasteiger partial charge < -0.3 is 16.6 Å². The van der Waals surface area contributed by atoms with Crippen molar-refractivity contribution in [1.82, 2.24) is 9.97 Å². The third-order valence-electron chi connectivity index (χ3n) is 3.45. The predicted octanol–water partition coefficient (Wildman–Crippen LogP) is 2.20. The molecule has 0 saturated heterocycles. The van der Waals surface area contributed by atoms with Crippen LogP contribution in [-0.2, 0) is 0 Å². The van der Waals surface area contributed by atoms with Crippen molar-refractivity contribution >= 4 is 11.9 Å². The molecule has 114 valence electrons. The lowest BCUT2D eigenvalue weighted by atomic mass is 9.98. The fourth-order valence-corrected chi connectivity index (χ4v) is 2.37. The van der Waals surface area contributed by atoms with Gasteiger partial charge in [0.2, 0.25) is 5.95 Å². The maximum atomic E-state index is 11.6. The van der Waals surface area contributed by atoms with E-state index in [0.29, 0.717) is 11.1 Å². The smallest absolute Gasteiger partial charge is 0.252 e. The molecule has 3 rings (SSSR count). The molecule has 0 atom stereocenters. The van der Waals surface area contributed by atoms with Crippen LogP contribution < -0.4 is 11.5 Å². The van der Waals surface area contributed by atoms with E-state index < -0.39 is 5.91 Å². The largest absolute Gasteiger partial charge is 0.507 e. The fourth-order valence-electron chi connectivity index (χ4n) is 2.37. The summed E-state index contributed by atoms with van der Waals surface area (Å²) in [7, 11) is 0. The van der Waals surface area contributed by atoms with E-state index in [2.05, 4.69) is 9.97 Å². The number of nitrogens with zero attached hydrogens (tertiary/aromatic N) is 2. The van der Waals surface area contributed by atoms with Gasteiger partial charge in [-0.2, -0.15) is 0 Å². The number of amides is 1. The van der Waals surface area contributed by atoms with Crippen LogP contribution in [0.15, 0.2) is 54.7 Å². The zero-order chi connectivity index (χ0) is 16.4. The van der Waals surface area contributed by atoms with Crippen LogP contribution in [0.4, 0.5) is 5.95 Å². The minimum atomic E-state index is -0.690. The molecule has 0 fully saturated rings. The van der Waals surface area contributed by atoms with Crippen LogP contribution in [0.2, 0.25) is 0 Å². The van der Waals surface area contributed by atoms with Crippen LogP contribution in [0, 0.1) is 0 Å². The lowest BCUT2D eigenvalue weighted by molar-refractivity contribution is 0.100. The summed E-state index contributed by atoms with van der Waals surface area (Å²) in [4.78, 5) is 19.4. The van der Waals surface area contributed by atoms with Crippen molar-refractivity contribution in [3.63, 3.8) is 0 Å². The highest BCUT2D eigenvalue weighted by Crippen LogP contribution is 2.38. The second kappa shape index (κ2) is 5.76. The molecule has 1 heterocycles. The summed E-state index contributed by atoms with van der Waals surface area (Å²) in [6, 6.07) is 14.6. The first-order chi connectivity index (χ1) is 11.1. The van der Waals surface area contributed by atoms with E-state index in [-0.39, 0.29) is 23.0 Å². The van der Waals surface area contributed by atoms with Crippen LogP contribution in [0.3, 0.4) is 0 Å². The summed E-state index contributed by atoms with van der Waals surface area (Å²) in [5, 5.41) is 10.6. The summed E-state index contributed by atoms with van der Waals surface area (Å²) in [5.74, 6) is -0.696. The number of phenols is 1. The molecule has 1 aromatic heterocycles. The van der Waals surface area contributed by atoms with Crippen molar-refractivity contribution < 1.29 is 9.90 Å². The number of hydrogen-bond acceptors (Lipinski definition) is 5. The van der Waals surface area contributed by atoms with Gasteiger partial charge in [-0.25, -0.2) is 9.97 Å². The Kier molecular flexibility index (Phi) is 3.64. The number of hydrogen-bond donors (Lipinski definition) is 3. The molecule has 23 heavy (non-hydrogen) atoms. The summed E-state index contributed by atoms with van der Waals surface area (Å²) in [6.07, 6.45) is 1.26. The molecule has 0 aliphatic carbocycles. The number of nitrogen functional groups attached to an aromatic ring is 1. The van der Waals surface area contributed by atoms with Gasteiger partial charge in [0, 0.05) is 17.3 Å². The Morgan fingerprint density at radius 1 is 1.00 bits per heavy atom. The van der Waals surface area contributed by atoms with E-state index in [4.69, 9.17) is 11.5 Å². The Morgan fingerprint density at radius 2 is 1.70 bits per heavy atom. The number of carbonyl (C=O) groups excluding carboxylic acids is 1. The number of phenolic OH excluding ortho intramolecular Hbond substituents is 1. The van der Waals surface area contributed by atoms with E-state index in [1.54, 1.807) is 18.2 Å². The van der Waals surface area contributed by atoms with Gasteiger partial charge in [0.05, 0.1) is 11.3 Å². The Hall–Kier alpha value is -3.41. The first-order valence-electron chi connectivity index (χ1n) is 6.88. The molecule has 1 amide bonds. The van der Waals surface area contributed by atoms with Crippen molar-refractivity contribution in [2.24, 2.45) is 5.73 Å². The third kappa shape index (κ3) is 2.69. The molecule has 0 unspecified atom stereocenters.